The van der Waals surface area contributed by atoms with E-state index in [4.69, 9.17) is 4.74 Å². The lowest BCUT2D eigenvalue weighted by Crippen LogP contribution is -2.28. The van der Waals surface area contributed by atoms with Gasteiger partial charge in [-0.2, -0.15) is 0 Å². The molecule has 126 valence electrons. The van der Waals surface area contributed by atoms with Crippen molar-refractivity contribution >= 4 is 27.5 Å². The number of benzene rings is 2. The van der Waals surface area contributed by atoms with Gasteiger partial charge in [0.05, 0.1) is 16.8 Å². The maximum absolute atomic E-state index is 12.8. The average molecular weight is 350 g/mol. The maximum atomic E-state index is 12.8. The van der Waals surface area contributed by atoms with Gasteiger partial charge >= 0.3 is 0 Å². The number of nitrogens with zero attached hydrogens (tertiary/aromatic N) is 2. The smallest absolute Gasteiger partial charge is 0.282 e. The van der Waals surface area contributed by atoms with Crippen molar-refractivity contribution in [2.45, 2.75) is 18.8 Å². The Kier molecular flexibility index (Phi) is 3.48. The van der Waals surface area contributed by atoms with Gasteiger partial charge in [-0.3, -0.25) is 4.79 Å². The molecular formula is C20H18N2O2S. The Morgan fingerprint density at radius 2 is 2.16 bits per heavy atom. The number of ether oxygens (including phenoxy) is 1. The molecule has 1 fully saturated rings. The van der Waals surface area contributed by atoms with Gasteiger partial charge in [0, 0.05) is 25.4 Å². The van der Waals surface area contributed by atoms with Crippen LogP contribution < -0.4 is 4.74 Å². The molecule has 2 aromatic carbocycles. The lowest BCUT2D eigenvalue weighted by atomic mass is 9.96. The van der Waals surface area contributed by atoms with Crippen LogP contribution in [0, 0.1) is 0 Å². The fraction of sp³-hybridized carbons (Fsp3) is 0.300. The molecule has 0 bridgehead atoms. The summed E-state index contributed by atoms with van der Waals surface area (Å²) in [5.41, 5.74) is 3.53. The van der Waals surface area contributed by atoms with Crippen molar-refractivity contribution in [1.29, 1.82) is 0 Å². The Labute approximate surface area is 150 Å². The van der Waals surface area contributed by atoms with Crippen LogP contribution in [-0.2, 0) is 6.42 Å². The monoisotopic (exact) mass is 350 g/mol. The number of hydrogen-bond acceptors (Lipinski definition) is 4. The number of likely N-dealkylation sites (tertiary alicyclic amines) is 1. The van der Waals surface area contributed by atoms with Crippen LogP contribution in [0.4, 0.5) is 0 Å². The van der Waals surface area contributed by atoms with Gasteiger partial charge in [0.15, 0.2) is 5.01 Å². The first-order valence-corrected chi connectivity index (χ1v) is 9.50. The standard InChI is InChI=1S/C20H18N2O2S/c23-20(19-21-16-3-1-2-4-18(16)25-19)22-9-7-15(12-22)13-5-6-17-14(11-13)8-10-24-17/h1-6,11,15H,7-10,12H2/t15-/m0/s1. The Bertz CT molecular complexity index is 932. The van der Waals surface area contributed by atoms with Gasteiger partial charge in [-0.25, -0.2) is 4.98 Å². The molecule has 4 nitrogen and oxygen atoms in total. The molecule has 0 N–H and O–H groups in total. The lowest BCUT2D eigenvalue weighted by molar-refractivity contribution is 0.0790. The van der Waals surface area contributed by atoms with E-state index in [9.17, 15) is 4.79 Å². The maximum Gasteiger partial charge on any atom is 0.282 e. The van der Waals surface area contributed by atoms with Gasteiger partial charge < -0.3 is 9.64 Å². The first kappa shape index (κ1) is 14.9. The number of thiazole rings is 1. The summed E-state index contributed by atoms with van der Waals surface area (Å²) in [5, 5.41) is 0.601. The molecule has 3 heterocycles. The van der Waals surface area contributed by atoms with E-state index in [2.05, 4.69) is 23.2 Å². The summed E-state index contributed by atoms with van der Waals surface area (Å²) in [6.45, 7) is 2.35. The molecule has 0 radical (unpaired) electrons. The number of amides is 1. The zero-order chi connectivity index (χ0) is 16.8. The van der Waals surface area contributed by atoms with Crippen molar-refractivity contribution in [2.75, 3.05) is 19.7 Å². The Morgan fingerprint density at radius 3 is 3.08 bits per heavy atom. The number of hydrogen-bond donors (Lipinski definition) is 0. The predicted molar refractivity (Wildman–Crippen MR) is 98.5 cm³/mol. The largest absolute Gasteiger partial charge is 0.493 e. The Balaban J connectivity index is 1.35. The van der Waals surface area contributed by atoms with Gasteiger partial charge in [-0.1, -0.05) is 24.3 Å². The minimum Gasteiger partial charge on any atom is -0.493 e. The van der Waals surface area contributed by atoms with Crippen molar-refractivity contribution < 1.29 is 9.53 Å². The summed E-state index contributed by atoms with van der Waals surface area (Å²) in [6, 6.07) is 14.4. The zero-order valence-corrected chi connectivity index (χ0v) is 14.6. The molecule has 2 aliphatic heterocycles. The summed E-state index contributed by atoms with van der Waals surface area (Å²) in [5.74, 6) is 1.49. The van der Waals surface area contributed by atoms with E-state index in [1.807, 2.05) is 29.2 Å². The Hall–Kier alpha value is -2.40. The number of carbonyl (C=O) groups excluding carboxylic acids is 1. The van der Waals surface area contributed by atoms with E-state index in [0.29, 0.717) is 10.9 Å². The average Bonchev–Trinajstić information content (AvgIpc) is 3.38. The highest BCUT2D eigenvalue weighted by molar-refractivity contribution is 7.20. The van der Waals surface area contributed by atoms with Crippen LogP contribution >= 0.6 is 11.3 Å². The topological polar surface area (TPSA) is 42.4 Å². The molecule has 1 amide bonds. The summed E-state index contributed by atoms with van der Waals surface area (Å²) in [4.78, 5) is 19.3. The molecule has 1 atom stereocenters. The summed E-state index contributed by atoms with van der Waals surface area (Å²) >= 11 is 1.49. The zero-order valence-electron chi connectivity index (χ0n) is 13.8. The van der Waals surface area contributed by atoms with Crippen LogP contribution in [0.2, 0.25) is 0 Å². The second-order valence-corrected chi connectivity index (χ2v) is 7.72. The fourth-order valence-electron chi connectivity index (χ4n) is 3.78. The van der Waals surface area contributed by atoms with Gasteiger partial charge in [0.1, 0.15) is 5.75 Å². The van der Waals surface area contributed by atoms with E-state index in [1.165, 1.54) is 22.5 Å². The highest BCUT2D eigenvalue weighted by atomic mass is 32.1. The third-order valence-corrected chi connectivity index (χ3v) is 6.16. The van der Waals surface area contributed by atoms with Gasteiger partial charge in [0.2, 0.25) is 0 Å². The molecule has 0 spiro atoms. The SMILES string of the molecule is O=C(c1nc2ccccc2s1)N1CC[C@H](c2ccc3c(c2)CCO3)C1. The van der Waals surface area contributed by atoms with Gasteiger partial charge in [-0.05, 0) is 35.7 Å². The molecule has 1 saturated heterocycles. The van der Waals surface area contributed by atoms with Crippen molar-refractivity contribution in [1.82, 2.24) is 9.88 Å². The number of aromatic nitrogens is 1. The normalized spacial score (nSPS) is 19.2. The lowest BCUT2D eigenvalue weighted by Gasteiger charge is -2.15. The number of carbonyl (C=O) groups is 1. The molecule has 5 rings (SSSR count). The van der Waals surface area contributed by atoms with Crippen molar-refractivity contribution in [2.24, 2.45) is 0 Å². The quantitative estimate of drug-likeness (QED) is 0.705. The van der Waals surface area contributed by atoms with Crippen molar-refractivity contribution in [3.63, 3.8) is 0 Å². The Morgan fingerprint density at radius 1 is 1.24 bits per heavy atom. The molecule has 0 aliphatic carbocycles. The second-order valence-electron chi connectivity index (χ2n) is 6.69. The highest BCUT2D eigenvalue weighted by Crippen LogP contribution is 2.34. The third-order valence-electron chi connectivity index (χ3n) is 5.14. The summed E-state index contributed by atoms with van der Waals surface area (Å²) in [6.07, 6.45) is 2.00. The van der Waals surface area contributed by atoms with Crippen LogP contribution in [0.1, 0.15) is 33.3 Å². The van der Waals surface area contributed by atoms with E-state index in [0.717, 1.165) is 48.5 Å². The van der Waals surface area contributed by atoms with E-state index < -0.39 is 0 Å². The molecule has 5 heteroatoms. The van der Waals surface area contributed by atoms with Crippen molar-refractivity contribution in [3.8, 4) is 5.75 Å². The van der Waals surface area contributed by atoms with E-state index in [1.54, 1.807) is 0 Å². The molecule has 1 aromatic heterocycles. The fourth-order valence-corrected chi connectivity index (χ4v) is 4.71. The predicted octanol–water partition coefficient (Wildman–Crippen LogP) is 3.86. The number of fused-ring (bicyclic) bond motifs is 2. The molecule has 25 heavy (non-hydrogen) atoms. The summed E-state index contributed by atoms with van der Waals surface area (Å²) in [7, 11) is 0. The molecular weight excluding hydrogens is 332 g/mol. The number of rotatable bonds is 2. The molecule has 0 unspecified atom stereocenters. The minimum absolute atomic E-state index is 0.0631. The van der Waals surface area contributed by atoms with E-state index in [-0.39, 0.29) is 5.91 Å². The third kappa shape index (κ3) is 2.59. The van der Waals surface area contributed by atoms with E-state index >= 15 is 0 Å². The van der Waals surface area contributed by atoms with Crippen molar-refractivity contribution in [3.05, 3.63) is 58.6 Å². The van der Waals surface area contributed by atoms with Gasteiger partial charge in [0.25, 0.3) is 5.91 Å². The molecule has 3 aromatic rings. The van der Waals surface area contributed by atoms with Gasteiger partial charge in [-0.15, -0.1) is 11.3 Å². The second kappa shape index (κ2) is 5.85. The first-order chi connectivity index (χ1) is 12.3. The summed E-state index contributed by atoms with van der Waals surface area (Å²) < 4.78 is 6.66. The van der Waals surface area contributed by atoms with Crippen LogP contribution in [0.15, 0.2) is 42.5 Å². The highest BCUT2D eigenvalue weighted by Gasteiger charge is 2.30. The minimum atomic E-state index is 0.0631. The van der Waals surface area contributed by atoms with Crippen LogP contribution in [-0.4, -0.2) is 35.5 Å². The molecule has 0 saturated carbocycles. The first-order valence-electron chi connectivity index (χ1n) is 8.68. The van der Waals surface area contributed by atoms with Crippen LogP contribution in [0.25, 0.3) is 10.2 Å². The van der Waals surface area contributed by atoms with Crippen LogP contribution in [0.5, 0.6) is 5.75 Å². The molecule has 2 aliphatic rings. The van der Waals surface area contributed by atoms with Crippen LogP contribution in [0.3, 0.4) is 0 Å². The number of para-hydroxylation sites is 1.